The van der Waals surface area contributed by atoms with Gasteiger partial charge in [0, 0.05) is 48.0 Å². The van der Waals surface area contributed by atoms with E-state index in [1.807, 2.05) is 72.8 Å². The molecule has 260 valence electrons. The van der Waals surface area contributed by atoms with Gasteiger partial charge in [0.25, 0.3) is 0 Å². The molecule has 0 unspecified atom stereocenters. The van der Waals surface area contributed by atoms with Gasteiger partial charge in [0.1, 0.15) is 19.3 Å². The van der Waals surface area contributed by atoms with E-state index < -0.39 is 11.0 Å². The summed E-state index contributed by atoms with van der Waals surface area (Å²) in [6.07, 6.45) is 2.30. The number of halogens is 2. The molecule has 0 atom stereocenters. The van der Waals surface area contributed by atoms with Crippen LogP contribution in [0, 0.1) is 23.0 Å². The number of carbonyl (C=O) groups excluding carboxylic acids is 1. The minimum Gasteiger partial charge on any atom is -0.445 e. The van der Waals surface area contributed by atoms with E-state index in [9.17, 15) is 14.9 Å². The van der Waals surface area contributed by atoms with Crippen LogP contribution in [0.4, 0.5) is 22.0 Å². The van der Waals surface area contributed by atoms with Gasteiger partial charge in [-0.2, -0.15) is 0 Å². The molecule has 1 saturated heterocycles. The SMILES string of the molecule is Cc1ncc([N+](=O)[O-])n1CCOC(=O)N1CCC(CN=c2cc3n(-c4ccc(Cl)cc4)c4ccccc4nc-3cc2Nc2ccc(Cl)cc2)CC1. The lowest BCUT2D eigenvalue weighted by Gasteiger charge is -2.30. The molecule has 0 spiro atoms. The first-order chi connectivity index (χ1) is 24.7. The van der Waals surface area contributed by atoms with Gasteiger partial charge >= 0.3 is 11.9 Å². The molecule has 0 bridgehead atoms. The Morgan fingerprint density at radius 1 is 1.02 bits per heavy atom. The van der Waals surface area contributed by atoms with Crippen LogP contribution >= 0.6 is 23.2 Å². The molecule has 0 saturated carbocycles. The quantitative estimate of drug-likeness (QED) is 0.0907. The van der Waals surface area contributed by atoms with Crippen molar-refractivity contribution in [1.29, 1.82) is 0 Å². The van der Waals surface area contributed by atoms with E-state index in [4.69, 9.17) is 37.9 Å². The van der Waals surface area contributed by atoms with E-state index >= 15 is 0 Å². The van der Waals surface area contributed by atoms with E-state index in [2.05, 4.69) is 27.0 Å². The summed E-state index contributed by atoms with van der Waals surface area (Å²) in [4.78, 5) is 39.5. The number of nitrogens with zero attached hydrogens (tertiary/aromatic N) is 7. The number of aryl methyl sites for hydroxylation is 1. The van der Waals surface area contributed by atoms with Gasteiger partial charge in [0.05, 0.1) is 33.5 Å². The van der Waals surface area contributed by atoms with Crippen LogP contribution < -0.4 is 10.7 Å². The van der Waals surface area contributed by atoms with Crippen LogP contribution in [-0.4, -0.2) is 61.3 Å². The highest BCUT2D eigenvalue weighted by Gasteiger charge is 2.25. The predicted octanol–water partition coefficient (Wildman–Crippen LogP) is 8.04. The van der Waals surface area contributed by atoms with E-state index in [1.54, 1.807) is 11.8 Å². The molecule has 4 aromatic rings. The Morgan fingerprint density at radius 2 is 1.73 bits per heavy atom. The van der Waals surface area contributed by atoms with Crippen LogP contribution in [0.5, 0.6) is 0 Å². The second-order valence-corrected chi connectivity index (χ2v) is 13.2. The maximum absolute atomic E-state index is 12.8. The van der Waals surface area contributed by atoms with Gasteiger partial charge in [-0.3, -0.25) is 4.99 Å². The van der Waals surface area contributed by atoms with Gasteiger partial charge in [-0.15, -0.1) is 0 Å². The number of anilines is 2. The van der Waals surface area contributed by atoms with Crippen molar-refractivity contribution in [1.82, 2.24) is 24.0 Å². The molecule has 14 heteroatoms. The average Bonchev–Trinajstić information content (AvgIpc) is 3.51. The van der Waals surface area contributed by atoms with Crippen LogP contribution in [0.3, 0.4) is 0 Å². The molecule has 3 aliphatic rings. The highest BCUT2D eigenvalue weighted by atomic mass is 35.5. The fourth-order valence-corrected chi connectivity index (χ4v) is 6.60. The molecular formula is C37H34Cl2N8O4. The van der Waals surface area contributed by atoms with Crippen molar-refractivity contribution in [2.24, 2.45) is 10.9 Å². The van der Waals surface area contributed by atoms with Crippen molar-refractivity contribution in [2.45, 2.75) is 26.3 Å². The summed E-state index contributed by atoms with van der Waals surface area (Å²) < 4.78 is 9.08. The molecule has 1 fully saturated rings. The van der Waals surface area contributed by atoms with Crippen molar-refractivity contribution in [3.63, 3.8) is 0 Å². The standard InChI is InChI=1S/C37H34Cl2N8O4/c1-24-40-23-36(47(49)50)45(24)18-19-51-37(48)44-16-14-25(15-17-44)22-41-31-21-35-33(20-32(31)42-28-10-6-26(38)7-11-28)43-30-4-2-3-5-34(30)46(35)29-12-8-27(39)9-13-29/h2-13,20-21,23,25,42H,14-19,22H2,1H3. The topological polar surface area (TPSA) is 133 Å². The Labute approximate surface area is 303 Å². The van der Waals surface area contributed by atoms with Crippen LogP contribution in [-0.2, 0) is 11.3 Å². The molecule has 1 aromatic heterocycles. The number of fused-ring (bicyclic) bond motifs is 2. The Kier molecular flexibility index (Phi) is 9.87. The zero-order valence-corrected chi connectivity index (χ0v) is 29.2. The monoisotopic (exact) mass is 724 g/mol. The minimum absolute atomic E-state index is 0.0116. The number of ether oxygens (including phenoxy) is 1. The third-order valence-corrected chi connectivity index (χ3v) is 9.56. The number of aromatic nitrogens is 4. The number of amides is 1. The molecule has 12 nitrogen and oxygen atoms in total. The van der Waals surface area contributed by atoms with E-state index in [1.165, 1.54) is 10.8 Å². The second kappa shape index (κ2) is 14.8. The molecule has 1 N–H and O–H groups in total. The average molecular weight is 726 g/mol. The molecule has 3 heterocycles. The number of benzene rings is 4. The summed E-state index contributed by atoms with van der Waals surface area (Å²) in [5, 5.41) is 16.9. The molecular weight excluding hydrogens is 691 g/mol. The Hall–Kier alpha value is -5.46. The molecule has 51 heavy (non-hydrogen) atoms. The maximum Gasteiger partial charge on any atom is 0.409 e. The number of likely N-dealkylation sites (tertiary alicyclic amines) is 1. The van der Waals surface area contributed by atoms with Crippen molar-refractivity contribution in [2.75, 3.05) is 31.6 Å². The van der Waals surface area contributed by atoms with Gasteiger partial charge in [-0.1, -0.05) is 35.3 Å². The fourth-order valence-electron chi connectivity index (χ4n) is 6.35. The van der Waals surface area contributed by atoms with Gasteiger partial charge in [0.2, 0.25) is 0 Å². The molecule has 1 aliphatic carbocycles. The van der Waals surface area contributed by atoms with E-state index in [-0.39, 0.29) is 24.9 Å². The molecule has 7 rings (SSSR count). The highest BCUT2D eigenvalue weighted by molar-refractivity contribution is 6.30. The Balaban J connectivity index is 1.13. The number of hydrogen-bond donors (Lipinski definition) is 1. The van der Waals surface area contributed by atoms with Crippen LogP contribution in [0.25, 0.3) is 28.1 Å². The predicted molar refractivity (Wildman–Crippen MR) is 197 cm³/mol. The maximum atomic E-state index is 12.8. The molecule has 2 aliphatic heterocycles. The van der Waals surface area contributed by atoms with Crippen LogP contribution in [0.2, 0.25) is 10.0 Å². The van der Waals surface area contributed by atoms with Crippen LogP contribution in [0.1, 0.15) is 18.7 Å². The van der Waals surface area contributed by atoms with Gasteiger partial charge < -0.3 is 29.6 Å². The van der Waals surface area contributed by atoms with Gasteiger partial charge in [-0.25, -0.2) is 19.3 Å². The first kappa shape index (κ1) is 34.0. The lowest BCUT2D eigenvalue weighted by Crippen LogP contribution is -2.39. The normalized spacial score (nSPS) is 13.9. The van der Waals surface area contributed by atoms with Crippen molar-refractivity contribution in [3.05, 3.63) is 122 Å². The van der Waals surface area contributed by atoms with Crippen LogP contribution in [0.15, 0.2) is 96.1 Å². The Morgan fingerprint density at radius 3 is 2.45 bits per heavy atom. The lowest BCUT2D eigenvalue weighted by atomic mass is 9.97. The number of rotatable bonds is 9. The second-order valence-electron chi connectivity index (χ2n) is 12.4. The smallest absolute Gasteiger partial charge is 0.409 e. The minimum atomic E-state index is -0.497. The number of nitro groups is 1. The summed E-state index contributed by atoms with van der Waals surface area (Å²) in [7, 11) is 0. The number of imidazole rings is 1. The number of carbonyl (C=O) groups is 1. The summed E-state index contributed by atoms with van der Waals surface area (Å²) in [5.74, 6) is 0.614. The number of nitrogens with one attached hydrogen (secondary N) is 1. The third kappa shape index (κ3) is 7.52. The number of piperidine rings is 1. The first-order valence-electron chi connectivity index (χ1n) is 16.6. The fraction of sp³-hybridized carbons (Fsp3) is 0.243. The van der Waals surface area contributed by atoms with Crippen molar-refractivity contribution in [3.8, 4) is 17.1 Å². The van der Waals surface area contributed by atoms with Crippen molar-refractivity contribution < 1.29 is 14.5 Å². The van der Waals surface area contributed by atoms with Gasteiger partial charge in [0.15, 0.2) is 5.82 Å². The molecule has 1 amide bonds. The molecule has 0 radical (unpaired) electrons. The zero-order chi connectivity index (χ0) is 35.5. The Bertz CT molecular complexity index is 2240. The largest absolute Gasteiger partial charge is 0.445 e. The summed E-state index contributed by atoms with van der Waals surface area (Å²) >= 11 is 12.4. The first-order valence-corrected chi connectivity index (χ1v) is 17.3. The van der Waals surface area contributed by atoms with Crippen molar-refractivity contribution >= 4 is 57.5 Å². The summed E-state index contributed by atoms with van der Waals surface area (Å²) in [5.41, 5.74) is 6.12. The zero-order valence-electron chi connectivity index (χ0n) is 27.7. The van der Waals surface area contributed by atoms with Gasteiger partial charge in [-0.05, 0) is 96.5 Å². The summed E-state index contributed by atoms with van der Waals surface area (Å²) in [6, 6.07) is 27.4. The lowest BCUT2D eigenvalue weighted by molar-refractivity contribution is -0.392. The number of hydrogen-bond acceptors (Lipinski definition) is 8. The number of para-hydroxylation sites is 2. The van der Waals surface area contributed by atoms with E-state index in [0.717, 1.165) is 57.7 Å². The third-order valence-electron chi connectivity index (χ3n) is 9.06. The highest BCUT2D eigenvalue weighted by Crippen LogP contribution is 2.31. The molecule has 3 aromatic carbocycles. The summed E-state index contributed by atoms with van der Waals surface area (Å²) in [6.45, 7) is 3.47. The van der Waals surface area contributed by atoms with E-state index in [0.29, 0.717) is 35.5 Å².